The lowest BCUT2D eigenvalue weighted by Gasteiger charge is -2.09. The number of benzene rings is 1. The summed E-state index contributed by atoms with van der Waals surface area (Å²) in [7, 11) is 0. The molecule has 0 radical (unpaired) electrons. The van der Waals surface area contributed by atoms with Crippen molar-refractivity contribution in [3.05, 3.63) is 35.9 Å². The Bertz CT molecular complexity index is 267. The number of nitrogens with one attached hydrogen (secondary N) is 1. The zero-order valence-electron chi connectivity index (χ0n) is 7.96. The minimum Gasteiger partial charge on any atom is -0.388 e. The summed E-state index contributed by atoms with van der Waals surface area (Å²) < 4.78 is 0. The lowest BCUT2D eigenvalue weighted by molar-refractivity contribution is 0.602. The van der Waals surface area contributed by atoms with Gasteiger partial charge in [-0.2, -0.15) is 0 Å². The Morgan fingerprint density at radius 1 is 1.38 bits per heavy atom. The maximum atomic E-state index is 7.17. The van der Waals surface area contributed by atoms with Gasteiger partial charge >= 0.3 is 0 Å². The van der Waals surface area contributed by atoms with Crippen LogP contribution in [0.5, 0.6) is 0 Å². The first kappa shape index (κ1) is 9.78. The molecule has 0 aliphatic heterocycles. The van der Waals surface area contributed by atoms with Gasteiger partial charge in [0.05, 0.1) is 5.84 Å². The third-order valence-corrected chi connectivity index (χ3v) is 2.00. The van der Waals surface area contributed by atoms with Gasteiger partial charge in [0.25, 0.3) is 0 Å². The second-order valence-corrected chi connectivity index (χ2v) is 3.52. The summed E-state index contributed by atoms with van der Waals surface area (Å²) in [5.74, 6) is 0.739. The monoisotopic (exact) mass is 176 g/mol. The summed E-state index contributed by atoms with van der Waals surface area (Å²) >= 11 is 0. The molecule has 0 bridgehead atoms. The summed E-state index contributed by atoms with van der Waals surface area (Å²) in [5.41, 5.74) is 6.65. The van der Waals surface area contributed by atoms with Gasteiger partial charge in [0.1, 0.15) is 0 Å². The average Bonchev–Trinajstić information content (AvgIpc) is 2.04. The number of nitrogens with two attached hydrogens (primary N) is 1. The van der Waals surface area contributed by atoms with E-state index in [4.69, 9.17) is 11.1 Å². The van der Waals surface area contributed by atoms with Crippen molar-refractivity contribution in [1.29, 1.82) is 5.41 Å². The first-order valence-electron chi connectivity index (χ1n) is 4.55. The largest absolute Gasteiger partial charge is 0.388 e. The Labute approximate surface area is 79.3 Å². The predicted octanol–water partition coefficient (Wildman–Crippen LogP) is 2.19. The smallest absolute Gasteiger partial charge is 0.0908 e. The zero-order chi connectivity index (χ0) is 9.68. The number of hydrogen-bond donors (Lipinski definition) is 2. The quantitative estimate of drug-likeness (QED) is 0.536. The third-order valence-electron chi connectivity index (χ3n) is 2.00. The Balaban J connectivity index is 2.45. The molecule has 1 rings (SSSR count). The fraction of sp³-hybridized carbons (Fsp3) is 0.364. The molecule has 0 aliphatic rings. The highest BCUT2D eigenvalue weighted by Gasteiger charge is 2.04. The molecule has 1 unspecified atom stereocenters. The molecule has 0 heterocycles. The van der Waals surface area contributed by atoms with Crippen LogP contribution in [0.25, 0.3) is 0 Å². The topological polar surface area (TPSA) is 49.9 Å². The molecule has 0 saturated heterocycles. The van der Waals surface area contributed by atoms with Crippen LogP contribution < -0.4 is 5.73 Å². The van der Waals surface area contributed by atoms with Gasteiger partial charge in [0.2, 0.25) is 0 Å². The molecule has 1 atom stereocenters. The standard InChI is InChI=1S/C11H16N2/c1-9(8-11(12)13)7-10-5-3-2-4-6-10/h2-6,9H,7-8H2,1H3,(H3,12,13). The molecule has 2 heteroatoms. The molecule has 1 aromatic carbocycles. The van der Waals surface area contributed by atoms with E-state index in [1.54, 1.807) is 0 Å². The van der Waals surface area contributed by atoms with Crippen molar-refractivity contribution in [2.75, 3.05) is 0 Å². The molecule has 0 aliphatic carbocycles. The van der Waals surface area contributed by atoms with Crippen LogP contribution in [0.4, 0.5) is 0 Å². The Morgan fingerprint density at radius 2 is 2.00 bits per heavy atom. The van der Waals surface area contributed by atoms with Crippen molar-refractivity contribution in [2.45, 2.75) is 19.8 Å². The lowest BCUT2D eigenvalue weighted by Crippen LogP contribution is -2.15. The molecular formula is C11H16N2. The first-order chi connectivity index (χ1) is 6.18. The maximum Gasteiger partial charge on any atom is 0.0908 e. The van der Waals surface area contributed by atoms with E-state index in [0.29, 0.717) is 12.3 Å². The van der Waals surface area contributed by atoms with E-state index in [2.05, 4.69) is 19.1 Å². The van der Waals surface area contributed by atoms with Crippen LogP contribution in [0.2, 0.25) is 0 Å². The Kier molecular flexibility index (Phi) is 3.50. The van der Waals surface area contributed by atoms with Crippen LogP contribution in [0.15, 0.2) is 30.3 Å². The minimum absolute atomic E-state index is 0.281. The summed E-state index contributed by atoms with van der Waals surface area (Å²) in [6, 6.07) is 10.3. The van der Waals surface area contributed by atoms with E-state index >= 15 is 0 Å². The van der Waals surface area contributed by atoms with Gasteiger partial charge in [-0.05, 0) is 17.9 Å². The number of amidine groups is 1. The van der Waals surface area contributed by atoms with Crippen molar-refractivity contribution in [1.82, 2.24) is 0 Å². The Morgan fingerprint density at radius 3 is 2.54 bits per heavy atom. The molecule has 0 spiro atoms. The average molecular weight is 176 g/mol. The second-order valence-electron chi connectivity index (χ2n) is 3.52. The normalized spacial score (nSPS) is 12.4. The summed E-state index contributed by atoms with van der Waals surface area (Å²) in [6.07, 6.45) is 1.69. The molecular weight excluding hydrogens is 160 g/mol. The zero-order valence-corrected chi connectivity index (χ0v) is 7.96. The first-order valence-corrected chi connectivity index (χ1v) is 4.55. The third kappa shape index (κ3) is 3.74. The maximum absolute atomic E-state index is 7.17. The van der Waals surface area contributed by atoms with Crippen molar-refractivity contribution in [2.24, 2.45) is 11.7 Å². The fourth-order valence-corrected chi connectivity index (χ4v) is 1.46. The Hall–Kier alpha value is -1.31. The van der Waals surface area contributed by atoms with Crippen molar-refractivity contribution in [3.63, 3.8) is 0 Å². The number of hydrogen-bond acceptors (Lipinski definition) is 1. The molecule has 1 aromatic rings. The van der Waals surface area contributed by atoms with Crippen LogP contribution in [-0.2, 0) is 6.42 Å². The molecule has 0 saturated carbocycles. The van der Waals surface area contributed by atoms with Crippen molar-refractivity contribution < 1.29 is 0 Å². The SMILES string of the molecule is CC(CC(=N)N)Cc1ccccc1. The van der Waals surface area contributed by atoms with E-state index in [9.17, 15) is 0 Å². The van der Waals surface area contributed by atoms with Gasteiger partial charge in [0, 0.05) is 6.42 Å². The minimum atomic E-state index is 0.281. The van der Waals surface area contributed by atoms with Crippen LogP contribution >= 0.6 is 0 Å². The van der Waals surface area contributed by atoms with Gasteiger partial charge in [-0.1, -0.05) is 37.3 Å². The van der Waals surface area contributed by atoms with Gasteiger partial charge < -0.3 is 5.73 Å². The van der Waals surface area contributed by atoms with E-state index < -0.39 is 0 Å². The highest BCUT2D eigenvalue weighted by Crippen LogP contribution is 2.10. The van der Waals surface area contributed by atoms with E-state index in [-0.39, 0.29) is 5.84 Å². The van der Waals surface area contributed by atoms with Gasteiger partial charge in [-0.3, -0.25) is 5.41 Å². The highest BCUT2D eigenvalue weighted by atomic mass is 14.7. The molecule has 0 fully saturated rings. The molecule has 2 nitrogen and oxygen atoms in total. The molecule has 0 amide bonds. The summed E-state index contributed by atoms with van der Waals surface area (Å²) in [5, 5.41) is 7.17. The molecule has 13 heavy (non-hydrogen) atoms. The van der Waals surface area contributed by atoms with E-state index in [1.165, 1.54) is 5.56 Å². The van der Waals surface area contributed by atoms with Gasteiger partial charge in [-0.15, -0.1) is 0 Å². The van der Waals surface area contributed by atoms with Crippen LogP contribution in [0.3, 0.4) is 0 Å². The van der Waals surface area contributed by atoms with E-state index in [1.807, 2.05) is 18.2 Å². The molecule has 70 valence electrons. The van der Waals surface area contributed by atoms with Gasteiger partial charge in [0.15, 0.2) is 0 Å². The lowest BCUT2D eigenvalue weighted by atomic mass is 9.98. The van der Waals surface area contributed by atoms with Gasteiger partial charge in [-0.25, -0.2) is 0 Å². The molecule has 3 N–H and O–H groups in total. The highest BCUT2D eigenvalue weighted by molar-refractivity contribution is 5.77. The predicted molar refractivity (Wildman–Crippen MR) is 55.8 cm³/mol. The van der Waals surface area contributed by atoms with Crippen LogP contribution in [0, 0.1) is 11.3 Å². The van der Waals surface area contributed by atoms with Crippen LogP contribution in [-0.4, -0.2) is 5.84 Å². The fourth-order valence-electron chi connectivity index (χ4n) is 1.46. The summed E-state index contributed by atoms with van der Waals surface area (Å²) in [6.45, 7) is 2.12. The van der Waals surface area contributed by atoms with Crippen molar-refractivity contribution in [3.8, 4) is 0 Å². The van der Waals surface area contributed by atoms with Crippen LogP contribution in [0.1, 0.15) is 18.9 Å². The number of rotatable bonds is 4. The molecule has 0 aromatic heterocycles. The second kappa shape index (κ2) is 4.65. The van der Waals surface area contributed by atoms with Crippen molar-refractivity contribution >= 4 is 5.84 Å². The summed E-state index contributed by atoms with van der Waals surface area (Å²) in [4.78, 5) is 0. The van der Waals surface area contributed by atoms with E-state index in [0.717, 1.165) is 6.42 Å².